The third-order valence-corrected chi connectivity index (χ3v) is 6.09. The molecule has 1 fully saturated rings. The van der Waals surface area contributed by atoms with Crippen molar-refractivity contribution in [3.63, 3.8) is 0 Å². The van der Waals surface area contributed by atoms with Crippen LogP contribution in [-0.2, 0) is 16.1 Å². The molecule has 1 saturated carbocycles. The summed E-state index contributed by atoms with van der Waals surface area (Å²) in [7, 11) is 0. The summed E-state index contributed by atoms with van der Waals surface area (Å²) in [5.74, 6) is -0.198. The van der Waals surface area contributed by atoms with Gasteiger partial charge in [-0.2, -0.15) is 0 Å². The van der Waals surface area contributed by atoms with Crippen LogP contribution in [0.15, 0.2) is 40.8 Å². The van der Waals surface area contributed by atoms with Gasteiger partial charge in [-0.25, -0.2) is 9.37 Å². The molecule has 1 aliphatic carbocycles. The lowest BCUT2D eigenvalue weighted by atomic mass is 9.89. The van der Waals surface area contributed by atoms with E-state index < -0.39 is 5.97 Å². The van der Waals surface area contributed by atoms with E-state index in [1.165, 1.54) is 40.8 Å². The minimum atomic E-state index is -0.416. The lowest BCUT2D eigenvalue weighted by molar-refractivity contribution is -0.152. The highest BCUT2D eigenvalue weighted by Gasteiger charge is 2.23. The van der Waals surface area contributed by atoms with Crippen LogP contribution < -0.4 is 5.56 Å². The summed E-state index contributed by atoms with van der Waals surface area (Å²) >= 11 is 1.35. The number of carbonyl (C=O) groups is 1. The number of halogens is 1. The number of benzene rings is 1. The summed E-state index contributed by atoms with van der Waals surface area (Å²) < 4.78 is 20.1. The first-order valence-electron chi connectivity index (χ1n) is 9.43. The quantitative estimate of drug-likeness (QED) is 0.610. The molecule has 1 aromatic carbocycles. The average molecular weight is 400 g/mol. The fourth-order valence-electron chi connectivity index (χ4n) is 3.77. The van der Waals surface area contributed by atoms with E-state index in [1.807, 2.05) is 5.38 Å². The molecule has 0 aliphatic heterocycles. The van der Waals surface area contributed by atoms with Crippen LogP contribution in [0.25, 0.3) is 21.3 Å². The van der Waals surface area contributed by atoms with Gasteiger partial charge in [-0.15, -0.1) is 11.3 Å². The number of fused-ring (bicyclic) bond motifs is 1. The van der Waals surface area contributed by atoms with E-state index in [9.17, 15) is 14.0 Å². The molecule has 5 nitrogen and oxygen atoms in total. The molecule has 2 heterocycles. The highest BCUT2D eigenvalue weighted by molar-refractivity contribution is 7.17. The molecule has 146 valence electrons. The maximum absolute atomic E-state index is 13.2. The molecule has 0 saturated heterocycles. The number of carbonyl (C=O) groups excluding carboxylic acids is 1. The Morgan fingerprint density at radius 3 is 2.86 bits per heavy atom. The molecule has 2 aromatic heterocycles. The lowest BCUT2D eigenvalue weighted by Crippen LogP contribution is -2.30. The maximum Gasteiger partial charge on any atom is 0.326 e. The van der Waals surface area contributed by atoms with Crippen LogP contribution in [0.5, 0.6) is 0 Å². The highest BCUT2D eigenvalue weighted by atomic mass is 32.1. The Balaban J connectivity index is 1.59. The second kappa shape index (κ2) is 7.83. The Morgan fingerprint density at radius 1 is 1.32 bits per heavy atom. The SMILES string of the molecule is C[C@@H]1CCC[C@@H](OC(=O)Cn2cnc3scc(-c4ccc(F)cc4)c3c2=O)C1. The number of hydrogen-bond donors (Lipinski definition) is 0. The minimum absolute atomic E-state index is 0.0698. The van der Waals surface area contributed by atoms with Crippen LogP contribution in [0.3, 0.4) is 0 Å². The monoisotopic (exact) mass is 400 g/mol. The summed E-state index contributed by atoms with van der Waals surface area (Å²) in [6, 6.07) is 5.98. The van der Waals surface area contributed by atoms with Crippen molar-refractivity contribution < 1.29 is 13.9 Å². The molecule has 0 unspecified atom stereocenters. The first-order chi connectivity index (χ1) is 13.5. The third kappa shape index (κ3) is 3.85. The Morgan fingerprint density at radius 2 is 2.11 bits per heavy atom. The number of rotatable bonds is 4. The van der Waals surface area contributed by atoms with Crippen LogP contribution in [0, 0.1) is 11.7 Å². The molecule has 0 N–H and O–H groups in total. The predicted octanol–water partition coefficient (Wildman–Crippen LogP) is 4.39. The second-order valence-electron chi connectivity index (χ2n) is 7.40. The molecule has 0 amide bonds. The van der Waals surface area contributed by atoms with Gasteiger partial charge in [-0.3, -0.25) is 14.2 Å². The van der Waals surface area contributed by atoms with Crippen LogP contribution in [0.1, 0.15) is 32.6 Å². The fourth-order valence-corrected chi connectivity index (χ4v) is 4.68. The minimum Gasteiger partial charge on any atom is -0.461 e. The van der Waals surface area contributed by atoms with E-state index in [0.29, 0.717) is 21.7 Å². The Hall–Kier alpha value is -2.54. The Labute approximate surface area is 165 Å². The van der Waals surface area contributed by atoms with Gasteiger partial charge in [0.25, 0.3) is 5.56 Å². The number of ether oxygens (including phenoxy) is 1. The van der Waals surface area contributed by atoms with Gasteiger partial charge in [0.1, 0.15) is 23.3 Å². The van der Waals surface area contributed by atoms with Crippen molar-refractivity contribution in [3.05, 3.63) is 52.1 Å². The van der Waals surface area contributed by atoms with Crippen LogP contribution >= 0.6 is 11.3 Å². The molecular weight excluding hydrogens is 379 g/mol. The molecular formula is C21H21FN2O3S. The number of thiophene rings is 1. The van der Waals surface area contributed by atoms with Gasteiger partial charge in [0, 0.05) is 10.9 Å². The van der Waals surface area contributed by atoms with E-state index >= 15 is 0 Å². The van der Waals surface area contributed by atoms with Crippen molar-refractivity contribution in [3.8, 4) is 11.1 Å². The van der Waals surface area contributed by atoms with Crippen molar-refractivity contribution in [2.24, 2.45) is 5.92 Å². The van der Waals surface area contributed by atoms with Crippen molar-refractivity contribution >= 4 is 27.5 Å². The fraction of sp³-hybridized carbons (Fsp3) is 0.381. The first kappa shape index (κ1) is 18.8. The second-order valence-corrected chi connectivity index (χ2v) is 8.26. The smallest absolute Gasteiger partial charge is 0.326 e. The Bertz CT molecular complexity index is 1060. The van der Waals surface area contributed by atoms with Gasteiger partial charge in [0.05, 0.1) is 11.7 Å². The van der Waals surface area contributed by atoms with Gasteiger partial charge in [-0.1, -0.05) is 25.5 Å². The van der Waals surface area contributed by atoms with Crippen molar-refractivity contribution in [1.82, 2.24) is 9.55 Å². The van der Waals surface area contributed by atoms with Crippen LogP contribution in [0.2, 0.25) is 0 Å². The number of aromatic nitrogens is 2. The summed E-state index contributed by atoms with van der Waals surface area (Å²) in [5.41, 5.74) is 1.14. The molecule has 0 bridgehead atoms. The van der Waals surface area contributed by atoms with E-state index in [4.69, 9.17) is 4.74 Å². The van der Waals surface area contributed by atoms with E-state index in [2.05, 4.69) is 11.9 Å². The molecule has 1 aliphatic rings. The first-order valence-corrected chi connectivity index (χ1v) is 10.3. The van der Waals surface area contributed by atoms with Crippen LogP contribution in [0.4, 0.5) is 4.39 Å². The van der Waals surface area contributed by atoms with Gasteiger partial charge < -0.3 is 4.74 Å². The topological polar surface area (TPSA) is 61.2 Å². The van der Waals surface area contributed by atoms with Gasteiger partial charge in [-0.05, 0) is 42.9 Å². The zero-order valence-corrected chi connectivity index (χ0v) is 16.4. The van der Waals surface area contributed by atoms with Crippen LogP contribution in [-0.4, -0.2) is 21.6 Å². The van der Waals surface area contributed by atoms with Crippen molar-refractivity contribution in [2.45, 2.75) is 45.3 Å². The molecule has 2 atom stereocenters. The third-order valence-electron chi connectivity index (χ3n) is 5.20. The van der Waals surface area contributed by atoms with E-state index in [0.717, 1.165) is 24.8 Å². The zero-order valence-electron chi connectivity index (χ0n) is 15.6. The number of hydrogen-bond acceptors (Lipinski definition) is 5. The molecule has 0 radical (unpaired) electrons. The van der Waals surface area contributed by atoms with Crippen molar-refractivity contribution in [2.75, 3.05) is 0 Å². The Kier molecular flexibility index (Phi) is 5.26. The largest absolute Gasteiger partial charge is 0.461 e. The zero-order chi connectivity index (χ0) is 19.7. The summed E-state index contributed by atoms with van der Waals surface area (Å²) in [5, 5.41) is 2.27. The highest BCUT2D eigenvalue weighted by Crippen LogP contribution is 2.30. The average Bonchev–Trinajstić information content (AvgIpc) is 3.09. The standard InChI is InChI=1S/C21H21FN2O3S/c1-13-3-2-4-16(9-13)27-18(25)10-24-12-23-20-19(21(24)26)17(11-28-20)14-5-7-15(22)8-6-14/h5-8,11-13,16H,2-4,9-10H2,1H3/t13-,16-/m1/s1. The lowest BCUT2D eigenvalue weighted by Gasteiger charge is -2.26. The predicted molar refractivity (Wildman–Crippen MR) is 107 cm³/mol. The molecule has 28 heavy (non-hydrogen) atoms. The molecule has 4 rings (SSSR count). The summed E-state index contributed by atoms with van der Waals surface area (Å²) in [6.07, 6.45) is 5.29. The summed E-state index contributed by atoms with van der Waals surface area (Å²) in [4.78, 5) is 30.2. The number of nitrogens with zero attached hydrogens (tertiary/aromatic N) is 2. The van der Waals surface area contributed by atoms with E-state index in [-0.39, 0.29) is 24.0 Å². The van der Waals surface area contributed by atoms with Gasteiger partial charge in [0.15, 0.2) is 0 Å². The van der Waals surface area contributed by atoms with Gasteiger partial charge in [0.2, 0.25) is 0 Å². The molecule has 3 aromatic rings. The molecule has 7 heteroatoms. The maximum atomic E-state index is 13.2. The normalized spacial score (nSPS) is 19.6. The van der Waals surface area contributed by atoms with Gasteiger partial charge >= 0.3 is 5.97 Å². The number of esters is 1. The van der Waals surface area contributed by atoms with Crippen molar-refractivity contribution in [1.29, 1.82) is 0 Å². The summed E-state index contributed by atoms with van der Waals surface area (Å²) in [6.45, 7) is 2.00. The van der Waals surface area contributed by atoms with E-state index in [1.54, 1.807) is 12.1 Å². The molecule has 0 spiro atoms.